The normalized spacial score (nSPS) is 11.8. The first-order chi connectivity index (χ1) is 7.68. The molecular formula is C12H15Br2FO. The van der Waals surface area contributed by atoms with E-state index in [4.69, 9.17) is 4.74 Å². The summed E-state index contributed by atoms with van der Waals surface area (Å²) < 4.78 is 18.7. The van der Waals surface area contributed by atoms with Gasteiger partial charge < -0.3 is 4.74 Å². The van der Waals surface area contributed by atoms with E-state index in [9.17, 15) is 4.39 Å². The van der Waals surface area contributed by atoms with Gasteiger partial charge in [-0.3, -0.25) is 0 Å². The SMILES string of the molecule is CCOCC(CBr)(CBr)c1cccc(F)c1. The Hall–Kier alpha value is 0.0700. The highest BCUT2D eigenvalue weighted by molar-refractivity contribution is 9.09. The van der Waals surface area contributed by atoms with Crippen molar-refractivity contribution in [2.75, 3.05) is 23.9 Å². The number of rotatable bonds is 6. The van der Waals surface area contributed by atoms with Crippen LogP contribution in [0.2, 0.25) is 0 Å². The summed E-state index contributed by atoms with van der Waals surface area (Å²) >= 11 is 6.98. The summed E-state index contributed by atoms with van der Waals surface area (Å²) in [7, 11) is 0. The highest BCUT2D eigenvalue weighted by Gasteiger charge is 2.30. The van der Waals surface area contributed by atoms with E-state index in [1.165, 1.54) is 6.07 Å². The van der Waals surface area contributed by atoms with Crippen LogP contribution in [0.1, 0.15) is 12.5 Å². The number of halogens is 3. The topological polar surface area (TPSA) is 9.23 Å². The van der Waals surface area contributed by atoms with Gasteiger partial charge >= 0.3 is 0 Å². The fourth-order valence-corrected chi connectivity index (χ4v) is 3.37. The summed E-state index contributed by atoms with van der Waals surface area (Å²) in [4.78, 5) is 0. The van der Waals surface area contributed by atoms with Crippen LogP contribution in [0, 0.1) is 5.82 Å². The molecule has 1 nitrogen and oxygen atoms in total. The Bertz CT molecular complexity index is 327. The third-order valence-electron chi connectivity index (χ3n) is 2.53. The molecule has 1 aromatic carbocycles. The molecular weight excluding hydrogens is 339 g/mol. The predicted octanol–water partition coefficient (Wildman–Crippen LogP) is 3.89. The zero-order valence-corrected chi connectivity index (χ0v) is 12.4. The first-order valence-corrected chi connectivity index (χ1v) is 7.38. The maximum Gasteiger partial charge on any atom is 0.123 e. The number of ether oxygens (including phenoxy) is 1. The number of alkyl halides is 2. The summed E-state index contributed by atoms with van der Waals surface area (Å²) in [6.45, 7) is 3.19. The minimum atomic E-state index is -0.210. The van der Waals surface area contributed by atoms with Gasteiger partial charge in [-0.15, -0.1) is 0 Å². The summed E-state index contributed by atoms with van der Waals surface area (Å²) in [6.07, 6.45) is 0. The summed E-state index contributed by atoms with van der Waals surface area (Å²) in [6, 6.07) is 6.69. The molecule has 0 radical (unpaired) electrons. The molecule has 0 aliphatic carbocycles. The lowest BCUT2D eigenvalue weighted by atomic mass is 9.85. The predicted molar refractivity (Wildman–Crippen MR) is 72.2 cm³/mol. The Balaban J connectivity index is 2.99. The van der Waals surface area contributed by atoms with Crippen LogP contribution in [0.5, 0.6) is 0 Å². The third kappa shape index (κ3) is 3.28. The monoisotopic (exact) mass is 352 g/mol. The fraction of sp³-hybridized carbons (Fsp3) is 0.500. The lowest BCUT2D eigenvalue weighted by molar-refractivity contribution is 0.109. The Labute approximate surface area is 113 Å². The van der Waals surface area contributed by atoms with E-state index >= 15 is 0 Å². The van der Waals surface area contributed by atoms with Crippen molar-refractivity contribution in [2.45, 2.75) is 12.3 Å². The molecule has 0 spiro atoms. The molecule has 4 heteroatoms. The number of hydrogen-bond donors (Lipinski definition) is 0. The summed E-state index contributed by atoms with van der Waals surface area (Å²) in [5.74, 6) is -0.208. The van der Waals surface area contributed by atoms with Crippen LogP contribution in [0.4, 0.5) is 4.39 Å². The Morgan fingerprint density at radius 2 is 2.00 bits per heavy atom. The van der Waals surface area contributed by atoms with E-state index in [2.05, 4.69) is 31.9 Å². The average Bonchev–Trinajstić information content (AvgIpc) is 2.31. The molecule has 90 valence electrons. The Morgan fingerprint density at radius 1 is 1.31 bits per heavy atom. The van der Waals surface area contributed by atoms with Gasteiger partial charge in [-0.25, -0.2) is 4.39 Å². The van der Waals surface area contributed by atoms with E-state index in [1.807, 2.05) is 13.0 Å². The van der Waals surface area contributed by atoms with Gasteiger partial charge in [0.2, 0.25) is 0 Å². The van der Waals surface area contributed by atoms with Crippen LogP contribution in [0.25, 0.3) is 0 Å². The highest BCUT2D eigenvalue weighted by Crippen LogP contribution is 2.29. The molecule has 0 fully saturated rings. The van der Waals surface area contributed by atoms with Gasteiger partial charge in [0, 0.05) is 22.7 Å². The maximum absolute atomic E-state index is 13.2. The molecule has 0 atom stereocenters. The van der Waals surface area contributed by atoms with Gasteiger partial charge in [0.15, 0.2) is 0 Å². The van der Waals surface area contributed by atoms with Crippen LogP contribution in [0.15, 0.2) is 24.3 Å². The van der Waals surface area contributed by atoms with Crippen LogP contribution >= 0.6 is 31.9 Å². The molecule has 0 unspecified atom stereocenters. The maximum atomic E-state index is 13.2. The second-order valence-corrected chi connectivity index (χ2v) is 4.82. The van der Waals surface area contributed by atoms with E-state index in [0.717, 1.165) is 16.2 Å². The second kappa shape index (κ2) is 6.72. The van der Waals surface area contributed by atoms with Crippen LogP contribution in [-0.2, 0) is 10.2 Å². The van der Waals surface area contributed by atoms with Gasteiger partial charge in [-0.05, 0) is 24.6 Å². The third-order valence-corrected chi connectivity index (χ3v) is 4.68. The minimum Gasteiger partial charge on any atom is -0.381 e. The molecule has 0 bridgehead atoms. The van der Waals surface area contributed by atoms with Crippen molar-refractivity contribution in [3.8, 4) is 0 Å². The average molecular weight is 354 g/mol. The van der Waals surface area contributed by atoms with Gasteiger partial charge in [0.1, 0.15) is 5.82 Å². The molecule has 0 aromatic heterocycles. The first-order valence-electron chi connectivity index (χ1n) is 5.14. The van der Waals surface area contributed by atoms with Gasteiger partial charge in [0.05, 0.1) is 6.61 Å². The van der Waals surface area contributed by atoms with Crippen molar-refractivity contribution in [2.24, 2.45) is 0 Å². The second-order valence-electron chi connectivity index (χ2n) is 3.70. The molecule has 1 rings (SSSR count). The Morgan fingerprint density at radius 3 is 2.50 bits per heavy atom. The molecule has 0 aliphatic rings. The van der Waals surface area contributed by atoms with E-state index < -0.39 is 0 Å². The number of hydrogen-bond acceptors (Lipinski definition) is 1. The molecule has 0 amide bonds. The van der Waals surface area contributed by atoms with E-state index in [-0.39, 0.29) is 11.2 Å². The van der Waals surface area contributed by atoms with Crippen molar-refractivity contribution in [1.82, 2.24) is 0 Å². The molecule has 1 aromatic rings. The molecule has 0 aliphatic heterocycles. The van der Waals surface area contributed by atoms with Crippen molar-refractivity contribution in [3.05, 3.63) is 35.6 Å². The molecule has 0 heterocycles. The molecule has 0 N–H and O–H groups in total. The van der Waals surface area contributed by atoms with Crippen molar-refractivity contribution in [1.29, 1.82) is 0 Å². The smallest absolute Gasteiger partial charge is 0.123 e. The van der Waals surface area contributed by atoms with Crippen molar-refractivity contribution < 1.29 is 9.13 Å². The molecule has 0 saturated heterocycles. The molecule has 0 saturated carbocycles. The zero-order valence-electron chi connectivity index (χ0n) is 9.18. The van der Waals surface area contributed by atoms with Crippen LogP contribution in [0.3, 0.4) is 0 Å². The van der Waals surface area contributed by atoms with Crippen molar-refractivity contribution >= 4 is 31.9 Å². The number of benzene rings is 1. The minimum absolute atomic E-state index is 0.208. The highest BCUT2D eigenvalue weighted by atomic mass is 79.9. The lowest BCUT2D eigenvalue weighted by Crippen LogP contribution is -2.36. The van der Waals surface area contributed by atoms with Crippen LogP contribution in [-0.4, -0.2) is 23.9 Å². The van der Waals surface area contributed by atoms with E-state index in [1.54, 1.807) is 12.1 Å². The molecule has 16 heavy (non-hydrogen) atoms. The largest absolute Gasteiger partial charge is 0.381 e. The summed E-state index contributed by atoms with van der Waals surface area (Å²) in [5, 5.41) is 1.46. The van der Waals surface area contributed by atoms with Gasteiger partial charge in [0.25, 0.3) is 0 Å². The van der Waals surface area contributed by atoms with E-state index in [0.29, 0.717) is 13.2 Å². The zero-order chi connectivity index (χ0) is 12.0. The van der Waals surface area contributed by atoms with Gasteiger partial charge in [-0.2, -0.15) is 0 Å². The first kappa shape index (κ1) is 14.1. The quantitative estimate of drug-likeness (QED) is 0.705. The standard InChI is InChI=1S/C12H15Br2FO/c1-2-16-9-12(7-13,8-14)10-4-3-5-11(15)6-10/h3-6H,2,7-9H2,1H3. The lowest BCUT2D eigenvalue weighted by Gasteiger charge is -2.30. The fourth-order valence-electron chi connectivity index (χ4n) is 1.47. The van der Waals surface area contributed by atoms with Crippen LogP contribution < -0.4 is 0 Å². The van der Waals surface area contributed by atoms with Gasteiger partial charge in [-0.1, -0.05) is 44.0 Å². The van der Waals surface area contributed by atoms with Crippen molar-refractivity contribution in [3.63, 3.8) is 0 Å². The Kier molecular flexibility index (Phi) is 5.94. The summed E-state index contributed by atoms with van der Waals surface area (Å²) in [5.41, 5.74) is 0.743.